The van der Waals surface area contributed by atoms with Crippen LogP contribution in [0.15, 0.2) is 24.3 Å². The number of methoxy groups -OCH3 is 1. The van der Waals surface area contributed by atoms with Crippen molar-refractivity contribution in [2.24, 2.45) is 0 Å². The summed E-state index contributed by atoms with van der Waals surface area (Å²) in [6.07, 6.45) is 3.40. The molecule has 6 heteroatoms. The molecule has 0 fully saturated rings. The summed E-state index contributed by atoms with van der Waals surface area (Å²) in [5.74, 6) is 0.693. The van der Waals surface area contributed by atoms with Gasteiger partial charge in [-0.05, 0) is 50.5 Å². The minimum absolute atomic E-state index is 0.0579. The number of carbonyl (C=O) groups excluding carboxylic acids is 1. The smallest absolute Gasteiger partial charge is 0.251 e. The number of nitrogens with zero attached hydrogens (tertiary/aromatic N) is 1. The predicted octanol–water partition coefficient (Wildman–Crippen LogP) is 2.86. The number of aryl methyl sites for hydroxylation is 2. The molecule has 0 radical (unpaired) electrons. The largest absolute Gasteiger partial charge is 0.497 e. The lowest BCUT2D eigenvalue weighted by molar-refractivity contribution is 0.0953. The van der Waals surface area contributed by atoms with Crippen LogP contribution in [0.1, 0.15) is 44.8 Å². The lowest BCUT2D eigenvalue weighted by Gasteiger charge is -2.22. The summed E-state index contributed by atoms with van der Waals surface area (Å²) >= 11 is 1.79. The Morgan fingerprint density at radius 1 is 1.33 bits per heavy atom. The average Bonchev–Trinajstić information content (AvgIpc) is 2.99. The van der Waals surface area contributed by atoms with Gasteiger partial charge in [-0.25, -0.2) is 4.98 Å². The first-order valence-electron chi connectivity index (χ1n) is 8.29. The van der Waals surface area contributed by atoms with E-state index in [2.05, 4.69) is 22.5 Å². The highest BCUT2D eigenvalue weighted by molar-refractivity contribution is 7.11. The van der Waals surface area contributed by atoms with Gasteiger partial charge in [0.1, 0.15) is 5.75 Å². The van der Waals surface area contributed by atoms with Gasteiger partial charge in [0.2, 0.25) is 0 Å². The number of aromatic nitrogens is 1. The maximum atomic E-state index is 12.1. The maximum Gasteiger partial charge on any atom is 0.251 e. The Hall–Kier alpha value is -1.92. The van der Waals surface area contributed by atoms with Gasteiger partial charge in [0.25, 0.3) is 5.91 Å². The van der Waals surface area contributed by atoms with Gasteiger partial charge in [0.05, 0.1) is 17.8 Å². The van der Waals surface area contributed by atoms with Crippen molar-refractivity contribution in [2.75, 3.05) is 20.2 Å². The van der Waals surface area contributed by atoms with E-state index in [0.29, 0.717) is 18.2 Å². The normalized spacial score (nSPS) is 16.5. The van der Waals surface area contributed by atoms with E-state index in [4.69, 9.17) is 4.74 Å². The van der Waals surface area contributed by atoms with Crippen molar-refractivity contribution in [3.63, 3.8) is 0 Å². The third-order valence-electron chi connectivity index (χ3n) is 4.21. The molecule has 1 atom stereocenters. The number of carbonyl (C=O) groups is 1. The van der Waals surface area contributed by atoms with Crippen molar-refractivity contribution in [2.45, 2.75) is 32.2 Å². The molecule has 1 aromatic heterocycles. The summed E-state index contributed by atoms with van der Waals surface area (Å²) < 4.78 is 5.10. The third-order valence-corrected chi connectivity index (χ3v) is 5.34. The van der Waals surface area contributed by atoms with Gasteiger partial charge < -0.3 is 15.4 Å². The quantitative estimate of drug-likeness (QED) is 0.790. The highest BCUT2D eigenvalue weighted by atomic mass is 32.1. The fourth-order valence-corrected chi connectivity index (χ4v) is 4.09. The number of thiazole rings is 1. The Morgan fingerprint density at radius 2 is 2.12 bits per heavy atom. The second kappa shape index (κ2) is 7.77. The zero-order valence-electron chi connectivity index (χ0n) is 14.1. The summed E-state index contributed by atoms with van der Waals surface area (Å²) in [7, 11) is 1.61. The number of fused-ring (bicyclic) bond motifs is 1. The zero-order chi connectivity index (χ0) is 16.9. The van der Waals surface area contributed by atoms with Gasteiger partial charge in [-0.1, -0.05) is 0 Å². The van der Waals surface area contributed by atoms with Gasteiger partial charge >= 0.3 is 0 Å². The van der Waals surface area contributed by atoms with Crippen molar-refractivity contribution in [3.05, 3.63) is 45.4 Å². The molecule has 3 rings (SSSR count). The van der Waals surface area contributed by atoms with E-state index in [-0.39, 0.29) is 5.91 Å². The summed E-state index contributed by atoms with van der Waals surface area (Å²) in [5.41, 5.74) is 1.90. The van der Waals surface area contributed by atoms with Gasteiger partial charge in [0, 0.05) is 29.6 Å². The molecule has 0 saturated carbocycles. The second-order valence-electron chi connectivity index (χ2n) is 5.93. The maximum absolute atomic E-state index is 12.1. The van der Waals surface area contributed by atoms with Gasteiger partial charge in [-0.15, -0.1) is 11.3 Å². The molecule has 2 aromatic rings. The minimum Gasteiger partial charge on any atom is -0.497 e. The first-order chi connectivity index (χ1) is 11.7. The molecule has 2 N–H and O–H groups in total. The molecule has 0 bridgehead atoms. The fraction of sp³-hybridized carbons (Fsp3) is 0.444. The zero-order valence-corrected chi connectivity index (χ0v) is 14.9. The molecule has 0 spiro atoms. The van der Waals surface area contributed by atoms with Crippen LogP contribution in [0.4, 0.5) is 0 Å². The lowest BCUT2D eigenvalue weighted by atomic mass is 9.98. The Morgan fingerprint density at radius 3 is 2.88 bits per heavy atom. The molecule has 1 amide bonds. The Kier molecular flexibility index (Phi) is 5.48. The molecule has 0 aliphatic heterocycles. The number of nitrogens with one attached hydrogen (secondary N) is 2. The highest BCUT2D eigenvalue weighted by Crippen LogP contribution is 2.33. The van der Waals surface area contributed by atoms with E-state index < -0.39 is 0 Å². The molecule has 0 saturated heterocycles. The van der Waals surface area contributed by atoms with Crippen LogP contribution in [-0.4, -0.2) is 31.1 Å². The third kappa shape index (κ3) is 3.94. The average molecular weight is 345 g/mol. The predicted molar refractivity (Wildman–Crippen MR) is 95.9 cm³/mol. The van der Waals surface area contributed by atoms with Crippen molar-refractivity contribution in [1.82, 2.24) is 15.6 Å². The first kappa shape index (κ1) is 16.9. The number of ether oxygens (including phenoxy) is 1. The molecule has 1 unspecified atom stereocenters. The number of rotatable bonds is 6. The standard InChI is InChI=1S/C18H23N3O2S/c1-12-21-16-5-3-4-15(17(16)24-12)19-10-11-20-18(22)13-6-8-14(23-2)9-7-13/h6-9,15,19H,3-5,10-11H2,1-2H3,(H,20,22). The van der Waals surface area contributed by atoms with Gasteiger partial charge in [0.15, 0.2) is 0 Å². The Bertz CT molecular complexity index is 697. The van der Waals surface area contributed by atoms with Crippen LogP contribution in [0.3, 0.4) is 0 Å². The number of benzene rings is 1. The van der Waals surface area contributed by atoms with Crippen LogP contribution in [0.5, 0.6) is 5.75 Å². The number of hydrogen-bond donors (Lipinski definition) is 2. The number of hydrogen-bond acceptors (Lipinski definition) is 5. The van der Waals surface area contributed by atoms with E-state index >= 15 is 0 Å². The molecule has 1 aliphatic carbocycles. The molecule has 1 aliphatic rings. The van der Waals surface area contributed by atoms with Crippen molar-refractivity contribution < 1.29 is 9.53 Å². The van der Waals surface area contributed by atoms with Gasteiger partial charge in [-0.2, -0.15) is 0 Å². The van der Waals surface area contributed by atoms with Crippen molar-refractivity contribution in [1.29, 1.82) is 0 Å². The van der Waals surface area contributed by atoms with Crippen LogP contribution in [0.25, 0.3) is 0 Å². The monoisotopic (exact) mass is 345 g/mol. The van der Waals surface area contributed by atoms with Crippen LogP contribution in [0, 0.1) is 6.92 Å². The summed E-state index contributed by atoms with van der Waals surface area (Å²) in [5, 5.41) is 7.64. The molecule has 5 nitrogen and oxygen atoms in total. The molecular weight excluding hydrogens is 322 g/mol. The Labute approximate surface area is 146 Å². The van der Waals surface area contributed by atoms with Crippen LogP contribution >= 0.6 is 11.3 Å². The fourth-order valence-electron chi connectivity index (χ4n) is 3.00. The van der Waals surface area contributed by atoms with E-state index in [9.17, 15) is 4.79 Å². The highest BCUT2D eigenvalue weighted by Gasteiger charge is 2.23. The summed E-state index contributed by atoms with van der Waals surface area (Å²) in [4.78, 5) is 18.1. The SMILES string of the molecule is COc1ccc(C(=O)NCCNC2CCCc3nc(C)sc32)cc1. The van der Waals surface area contributed by atoms with Crippen LogP contribution in [-0.2, 0) is 6.42 Å². The molecule has 24 heavy (non-hydrogen) atoms. The number of amides is 1. The van der Waals surface area contributed by atoms with Gasteiger partial charge in [-0.3, -0.25) is 4.79 Å². The topological polar surface area (TPSA) is 63.2 Å². The van der Waals surface area contributed by atoms with Crippen molar-refractivity contribution in [3.8, 4) is 5.75 Å². The molecule has 128 valence electrons. The minimum atomic E-state index is -0.0579. The summed E-state index contributed by atoms with van der Waals surface area (Å²) in [6, 6.07) is 7.51. The van der Waals surface area contributed by atoms with Crippen molar-refractivity contribution >= 4 is 17.2 Å². The summed E-state index contributed by atoms with van der Waals surface area (Å²) in [6.45, 7) is 3.42. The van der Waals surface area contributed by atoms with E-state index in [0.717, 1.165) is 30.1 Å². The second-order valence-corrected chi connectivity index (χ2v) is 7.16. The van der Waals surface area contributed by atoms with Crippen LogP contribution < -0.4 is 15.4 Å². The van der Waals surface area contributed by atoms with E-state index in [1.807, 2.05) is 0 Å². The molecular formula is C18H23N3O2S. The molecule has 1 heterocycles. The lowest BCUT2D eigenvalue weighted by Crippen LogP contribution is -2.34. The van der Waals surface area contributed by atoms with Crippen LogP contribution in [0.2, 0.25) is 0 Å². The van der Waals surface area contributed by atoms with E-state index in [1.165, 1.54) is 17.0 Å². The Balaban J connectivity index is 1.46. The first-order valence-corrected chi connectivity index (χ1v) is 9.11. The van der Waals surface area contributed by atoms with E-state index in [1.54, 1.807) is 42.7 Å². The molecule has 1 aromatic carbocycles.